The van der Waals surface area contributed by atoms with E-state index in [-0.39, 0.29) is 5.91 Å². The molecule has 0 saturated heterocycles. The van der Waals surface area contributed by atoms with Gasteiger partial charge in [0, 0.05) is 44.4 Å². The summed E-state index contributed by atoms with van der Waals surface area (Å²) < 4.78 is 8.79. The molecular formula is C17H20N6O2. The highest BCUT2D eigenvalue weighted by atomic mass is 16.5. The lowest BCUT2D eigenvalue weighted by molar-refractivity contribution is -0.130. The molecule has 0 bridgehead atoms. The molecule has 0 aliphatic rings. The van der Waals surface area contributed by atoms with Crippen LogP contribution in [-0.2, 0) is 17.9 Å². The maximum Gasteiger partial charge on any atom is 0.224 e. The molecule has 0 spiro atoms. The number of amides is 1. The standard InChI is InChI=1S/C17H20N6O2/c1-21(17(24)6-7-22-12-18-19-13-22)10-14-9-20-23(11-14)15-4-3-5-16(8-15)25-2/h3-5,8-9,11-13H,6-7,10H2,1-2H3. The number of carbonyl (C=O) groups excluding carboxylic acids is 1. The highest BCUT2D eigenvalue weighted by molar-refractivity contribution is 5.75. The van der Waals surface area contributed by atoms with Crippen LogP contribution in [0.5, 0.6) is 5.75 Å². The lowest BCUT2D eigenvalue weighted by atomic mass is 10.3. The molecule has 3 aromatic rings. The first-order chi connectivity index (χ1) is 12.2. The Morgan fingerprint density at radius 2 is 2.08 bits per heavy atom. The molecular weight excluding hydrogens is 320 g/mol. The first-order valence-electron chi connectivity index (χ1n) is 7.90. The number of aromatic nitrogens is 5. The lowest BCUT2D eigenvalue weighted by Crippen LogP contribution is -2.26. The molecule has 8 nitrogen and oxygen atoms in total. The summed E-state index contributed by atoms with van der Waals surface area (Å²) in [6.07, 6.45) is 7.29. The van der Waals surface area contributed by atoms with Gasteiger partial charge in [-0.3, -0.25) is 4.79 Å². The van der Waals surface area contributed by atoms with Crippen molar-refractivity contribution in [3.05, 3.63) is 54.9 Å². The Kier molecular flexibility index (Phi) is 5.08. The van der Waals surface area contributed by atoms with Gasteiger partial charge in [-0.15, -0.1) is 10.2 Å². The molecule has 0 aliphatic carbocycles. The van der Waals surface area contributed by atoms with Crippen LogP contribution in [0.3, 0.4) is 0 Å². The molecule has 1 amide bonds. The predicted molar refractivity (Wildman–Crippen MR) is 91.2 cm³/mol. The number of carbonyl (C=O) groups is 1. The third kappa shape index (κ3) is 4.23. The zero-order chi connectivity index (χ0) is 17.6. The van der Waals surface area contributed by atoms with Gasteiger partial charge in [0.25, 0.3) is 0 Å². The molecule has 0 N–H and O–H groups in total. The minimum absolute atomic E-state index is 0.0582. The highest BCUT2D eigenvalue weighted by Crippen LogP contribution is 2.16. The van der Waals surface area contributed by atoms with Gasteiger partial charge in [-0.2, -0.15) is 5.10 Å². The highest BCUT2D eigenvalue weighted by Gasteiger charge is 2.11. The summed E-state index contributed by atoms with van der Waals surface area (Å²) >= 11 is 0. The van der Waals surface area contributed by atoms with E-state index in [4.69, 9.17) is 4.74 Å². The van der Waals surface area contributed by atoms with Gasteiger partial charge in [0.05, 0.1) is 19.0 Å². The van der Waals surface area contributed by atoms with Crippen molar-refractivity contribution in [3.8, 4) is 11.4 Å². The van der Waals surface area contributed by atoms with E-state index in [2.05, 4.69) is 15.3 Å². The van der Waals surface area contributed by atoms with E-state index < -0.39 is 0 Å². The van der Waals surface area contributed by atoms with Crippen molar-refractivity contribution in [2.24, 2.45) is 0 Å². The molecule has 2 heterocycles. The molecule has 8 heteroatoms. The number of aryl methyl sites for hydroxylation is 1. The zero-order valence-electron chi connectivity index (χ0n) is 14.2. The summed E-state index contributed by atoms with van der Waals surface area (Å²) in [5.74, 6) is 0.832. The molecule has 0 radical (unpaired) electrons. The number of methoxy groups -OCH3 is 1. The summed E-state index contributed by atoms with van der Waals surface area (Å²) in [5.41, 5.74) is 1.87. The maximum atomic E-state index is 12.2. The maximum absolute atomic E-state index is 12.2. The molecule has 0 unspecified atom stereocenters. The molecule has 2 aromatic heterocycles. The minimum Gasteiger partial charge on any atom is -0.497 e. The van der Waals surface area contributed by atoms with E-state index in [0.29, 0.717) is 19.5 Å². The molecule has 0 fully saturated rings. The number of hydrogen-bond donors (Lipinski definition) is 0. The third-order valence-electron chi connectivity index (χ3n) is 3.85. The molecule has 0 saturated carbocycles. The monoisotopic (exact) mass is 340 g/mol. The number of rotatable bonds is 7. The number of ether oxygens (including phenoxy) is 1. The fraction of sp³-hybridized carbons (Fsp3) is 0.294. The van der Waals surface area contributed by atoms with Crippen LogP contribution in [-0.4, -0.2) is 49.5 Å². The van der Waals surface area contributed by atoms with Crippen molar-refractivity contribution in [2.45, 2.75) is 19.5 Å². The summed E-state index contributed by atoms with van der Waals surface area (Å²) in [6.45, 7) is 1.07. The largest absolute Gasteiger partial charge is 0.497 e. The first kappa shape index (κ1) is 16.7. The second-order valence-corrected chi connectivity index (χ2v) is 5.69. The van der Waals surface area contributed by atoms with Crippen LogP contribution in [0.4, 0.5) is 0 Å². The molecule has 1 aromatic carbocycles. The average Bonchev–Trinajstić information content (AvgIpc) is 3.31. The predicted octanol–water partition coefficient (Wildman–Crippen LogP) is 1.52. The summed E-state index contributed by atoms with van der Waals surface area (Å²) in [7, 11) is 3.42. The molecule has 130 valence electrons. The first-order valence-corrected chi connectivity index (χ1v) is 7.90. The Morgan fingerprint density at radius 1 is 1.28 bits per heavy atom. The average molecular weight is 340 g/mol. The fourth-order valence-electron chi connectivity index (χ4n) is 2.45. The van der Waals surface area contributed by atoms with Crippen molar-refractivity contribution in [1.29, 1.82) is 0 Å². The number of benzene rings is 1. The van der Waals surface area contributed by atoms with Crippen molar-refractivity contribution < 1.29 is 9.53 Å². The van der Waals surface area contributed by atoms with E-state index in [0.717, 1.165) is 17.0 Å². The Labute approximate surface area is 145 Å². The Bertz CT molecular complexity index is 827. The minimum atomic E-state index is 0.0582. The quantitative estimate of drug-likeness (QED) is 0.652. The van der Waals surface area contributed by atoms with Crippen molar-refractivity contribution in [1.82, 2.24) is 29.4 Å². The van der Waals surface area contributed by atoms with Crippen molar-refractivity contribution in [2.75, 3.05) is 14.2 Å². The van der Waals surface area contributed by atoms with Crippen LogP contribution in [0.15, 0.2) is 49.3 Å². The molecule has 25 heavy (non-hydrogen) atoms. The Morgan fingerprint density at radius 3 is 2.84 bits per heavy atom. The SMILES string of the molecule is COc1cccc(-n2cc(CN(C)C(=O)CCn3cnnc3)cn2)c1. The lowest BCUT2D eigenvalue weighted by Gasteiger charge is -2.16. The van der Waals surface area contributed by atoms with Crippen LogP contribution < -0.4 is 4.74 Å². The van der Waals surface area contributed by atoms with E-state index in [1.807, 2.05) is 30.5 Å². The number of hydrogen-bond acceptors (Lipinski definition) is 5. The second-order valence-electron chi connectivity index (χ2n) is 5.69. The van der Waals surface area contributed by atoms with Gasteiger partial charge in [-0.25, -0.2) is 4.68 Å². The van der Waals surface area contributed by atoms with Gasteiger partial charge < -0.3 is 14.2 Å². The summed E-state index contributed by atoms with van der Waals surface area (Å²) in [6, 6.07) is 7.66. The van der Waals surface area contributed by atoms with Crippen molar-refractivity contribution >= 4 is 5.91 Å². The Hall–Kier alpha value is -3.16. The van der Waals surface area contributed by atoms with Gasteiger partial charge >= 0.3 is 0 Å². The molecule has 0 aliphatic heterocycles. The van der Waals surface area contributed by atoms with Gasteiger partial charge in [0.1, 0.15) is 18.4 Å². The second kappa shape index (κ2) is 7.61. The number of nitrogens with zero attached hydrogens (tertiary/aromatic N) is 6. The van der Waals surface area contributed by atoms with E-state index >= 15 is 0 Å². The van der Waals surface area contributed by atoms with Gasteiger partial charge in [-0.1, -0.05) is 6.07 Å². The van der Waals surface area contributed by atoms with E-state index in [9.17, 15) is 4.79 Å². The smallest absolute Gasteiger partial charge is 0.224 e. The van der Waals surface area contributed by atoms with Gasteiger partial charge in [0.15, 0.2) is 0 Å². The van der Waals surface area contributed by atoms with Crippen LogP contribution in [0.25, 0.3) is 5.69 Å². The summed E-state index contributed by atoms with van der Waals surface area (Å²) in [5, 5.41) is 11.8. The van der Waals surface area contributed by atoms with Gasteiger partial charge in [-0.05, 0) is 12.1 Å². The molecule has 0 atom stereocenters. The molecule has 3 rings (SSSR count). The van der Waals surface area contributed by atoms with Crippen LogP contribution >= 0.6 is 0 Å². The van der Waals surface area contributed by atoms with Crippen molar-refractivity contribution in [3.63, 3.8) is 0 Å². The van der Waals surface area contributed by atoms with Crippen LogP contribution in [0.2, 0.25) is 0 Å². The summed E-state index contributed by atoms with van der Waals surface area (Å²) in [4.78, 5) is 13.9. The van der Waals surface area contributed by atoms with E-state index in [1.165, 1.54) is 0 Å². The van der Waals surface area contributed by atoms with Gasteiger partial charge in [0.2, 0.25) is 5.91 Å². The van der Waals surface area contributed by atoms with Crippen LogP contribution in [0, 0.1) is 0 Å². The fourth-order valence-corrected chi connectivity index (χ4v) is 2.45. The topological polar surface area (TPSA) is 78.1 Å². The normalized spacial score (nSPS) is 10.6. The Balaban J connectivity index is 1.59. The van der Waals surface area contributed by atoms with E-state index in [1.54, 1.807) is 47.2 Å². The zero-order valence-corrected chi connectivity index (χ0v) is 14.2. The van der Waals surface area contributed by atoms with Crippen LogP contribution in [0.1, 0.15) is 12.0 Å². The third-order valence-corrected chi connectivity index (χ3v) is 3.85.